The highest BCUT2D eigenvalue weighted by molar-refractivity contribution is 7.91. The first-order valence-electron chi connectivity index (χ1n) is 5.67. The minimum Gasteiger partial charge on any atom is -0.390 e. The van der Waals surface area contributed by atoms with E-state index in [1.165, 1.54) is 0 Å². The Labute approximate surface area is 91.2 Å². The van der Waals surface area contributed by atoms with Crippen molar-refractivity contribution in [2.75, 3.05) is 18.1 Å². The molecule has 1 saturated heterocycles. The van der Waals surface area contributed by atoms with Gasteiger partial charge in [-0.2, -0.15) is 0 Å². The van der Waals surface area contributed by atoms with Crippen molar-refractivity contribution in [3.8, 4) is 0 Å². The molecule has 0 aromatic heterocycles. The van der Waals surface area contributed by atoms with Gasteiger partial charge in [0.25, 0.3) is 0 Å². The van der Waals surface area contributed by atoms with Gasteiger partial charge < -0.3 is 5.11 Å². The van der Waals surface area contributed by atoms with E-state index in [1.54, 1.807) is 0 Å². The molecule has 2 atom stereocenters. The number of aliphatic hydroxyl groups is 1. The first-order chi connectivity index (χ1) is 7.03. The van der Waals surface area contributed by atoms with E-state index in [4.69, 9.17) is 0 Å². The number of hydrogen-bond acceptors (Lipinski definition) is 4. The third-order valence-corrected chi connectivity index (χ3v) is 4.92. The van der Waals surface area contributed by atoms with Crippen LogP contribution in [0.5, 0.6) is 0 Å². The second-order valence-electron chi connectivity index (χ2n) is 4.68. The molecule has 15 heavy (non-hydrogen) atoms. The third-order valence-electron chi connectivity index (χ3n) is 3.22. The molecule has 2 unspecified atom stereocenters. The van der Waals surface area contributed by atoms with E-state index >= 15 is 0 Å². The molecule has 1 saturated carbocycles. The Bertz CT molecular complexity index is 324. The van der Waals surface area contributed by atoms with Crippen molar-refractivity contribution in [2.45, 2.75) is 44.4 Å². The minimum atomic E-state index is -3.01. The van der Waals surface area contributed by atoms with E-state index in [0.717, 1.165) is 25.8 Å². The zero-order valence-electron chi connectivity index (χ0n) is 9.09. The van der Waals surface area contributed by atoms with Crippen LogP contribution in [0.4, 0.5) is 0 Å². The zero-order valence-corrected chi connectivity index (χ0v) is 9.91. The molecule has 2 aliphatic rings. The van der Waals surface area contributed by atoms with Gasteiger partial charge >= 0.3 is 0 Å². The summed E-state index contributed by atoms with van der Waals surface area (Å²) in [4.78, 5) is 2.20. The van der Waals surface area contributed by atoms with Gasteiger partial charge in [0.05, 0.1) is 23.7 Å². The lowest BCUT2D eigenvalue weighted by molar-refractivity contribution is 0.0778. The lowest BCUT2D eigenvalue weighted by Gasteiger charge is -2.29. The van der Waals surface area contributed by atoms with Gasteiger partial charge in [-0.3, -0.25) is 4.90 Å². The number of sulfone groups is 1. The summed E-state index contributed by atoms with van der Waals surface area (Å²) in [6, 6.07) is 0.375. The molecular weight excluding hydrogens is 214 g/mol. The molecule has 0 bridgehead atoms. The molecule has 2 rings (SSSR count). The Morgan fingerprint density at radius 2 is 2.00 bits per heavy atom. The van der Waals surface area contributed by atoms with Crippen LogP contribution in [0.3, 0.4) is 0 Å². The lowest BCUT2D eigenvalue weighted by Crippen LogP contribution is -2.44. The summed E-state index contributed by atoms with van der Waals surface area (Å²) >= 11 is 0. The highest BCUT2D eigenvalue weighted by atomic mass is 32.2. The summed E-state index contributed by atoms with van der Waals surface area (Å²) in [6.07, 6.45) is 2.65. The van der Waals surface area contributed by atoms with E-state index in [0.29, 0.717) is 6.04 Å². The van der Waals surface area contributed by atoms with Crippen LogP contribution in [0.2, 0.25) is 0 Å². The maximum absolute atomic E-state index is 11.4. The van der Waals surface area contributed by atoms with Gasteiger partial charge in [0.2, 0.25) is 0 Å². The Kier molecular flexibility index (Phi) is 3.05. The molecule has 5 heteroatoms. The second-order valence-corrected chi connectivity index (χ2v) is 6.83. The van der Waals surface area contributed by atoms with E-state index < -0.39 is 15.9 Å². The largest absolute Gasteiger partial charge is 0.390 e. The van der Waals surface area contributed by atoms with Crippen molar-refractivity contribution < 1.29 is 13.5 Å². The molecule has 1 aliphatic carbocycles. The quantitative estimate of drug-likeness (QED) is 0.743. The second kappa shape index (κ2) is 4.03. The fourth-order valence-corrected chi connectivity index (χ4v) is 4.22. The normalized spacial score (nSPS) is 34.9. The molecule has 0 aromatic rings. The maximum Gasteiger partial charge on any atom is 0.154 e. The predicted molar refractivity (Wildman–Crippen MR) is 58.5 cm³/mol. The molecule has 0 amide bonds. The molecular formula is C10H19NO3S. The van der Waals surface area contributed by atoms with Gasteiger partial charge in [0.1, 0.15) is 0 Å². The summed E-state index contributed by atoms with van der Waals surface area (Å²) in [5, 5.41) is 9.78. The van der Waals surface area contributed by atoms with Crippen LogP contribution in [-0.2, 0) is 9.84 Å². The monoisotopic (exact) mass is 233 g/mol. The topological polar surface area (TPSA) is 57.6 Å². The van der Waals surface area contributed by atoms with Crippen molar-refractivity contribution in [3.63, 3.8) is 0 Å². The highest BCUT2D eigenvalue weighted by Crippen LogP contribution is 2.32. The van der Waals surface area contributed by atoms with E-state index in [9.17, 15) is 13.5 Å². The molecule has 4 nitrogen and oxygen atoms in total. The van der Waals surface area contributed by atoms with Gasteiger partial charge in [-0.1, -0.05) is 6.92 Å². The van der Waals surface area contributed by atoms with E-state index in [2.05, 4.69) is 11.8 Å². The highest BCUT2D eigenvalue weighted by Gasteiger charge is 2.44. The number of hydrogen-bond donors (Lipinski definition) is 1. The van der Waals surface area contributed by atoms with Gasteiger partial charge in [-0.05, 0) is 25.8 Å². The minimum absolute atomic E-state index is 0.0510. The smallest absolute Gasteiger partial charge is 0.154 e. The van der Waals surface area contributed by atoms with Crippen LogP contribution in [0, 0.1) is 0 Å². The Morgan fingerprint density at radius 3 is 2.40 bits per heavy atom. The molecule has 2 fully saturated rings. The SMILES string of the molecule is CCCN(C1CC1)C1CS(=O)(=O)CC1O. The summed E-state index contributed by atoms with van der Waals surface area (Å²) in [7, 11) is -3.01. The summed E-state index contributed by atoms with van der Waals surface area (Å²) < 4.78 is 22.8. The third kappa shape index (κ3) is 2.52. The lowest BCUT2D eigenvalue weighted by atomic mass is 10.1. The summed E-state index contributed by atoms with van der Waals surface area (Å²) in [5.74, 6) is 0.0925. The van der Waals surface area contributed by atoms with Gasteiger partial charge in [0, 0.05) is 6.04 Å². The summed E-state index contributed by atoms with van der Waals surface area (Å²) in [6.45, 7) is 2.99. The van der Waals surface area contributed by atoms with Crippen molar-refractivity contribution >= 4 is 9.84 Å². The summed E-state index contributed by atoms with van der Waals surface area (Å²) in [5.41, 5.74) is 0. The van der Waals surface area contributed by atoms with Crippen LogP contribution in [-0.4, -0.2) is 54.7 Å². The number of aliphatic hydroxyl groups excluding tert-OH is 1. The van der Waals surface area contributed by atoms with Crippen LogP contribution in [0.25, 0.3) is 0 Å². The molecule has 0 spiro atoms. The Balaban J connectivity index is 2.07. The Hall–Kier alpha value is -0.130. The van der Waals surface area contributed by atoms with E-state index in [-0.39, 0.29) is 17.5 Å². The number of rotatable bonds is 4. The standard InChI is InChI=1S/C10H19NO3S/c1-2-5-11(8-3-4-8)9-6-15(13,14)7-10(9)12/h8-10,12H,2-7H2,1H3. The average Bonchev–Trinajstić information content (AvgIpc) is 2.89. The van der Waals surface area contributed by atoms with Gasteiger partial charge in [0.15, 0.2) is 9.84 Å². The van der Waals surface area contributed by atoms with E-state index in [1.807, 2.05) is 0 Å². The fraction of sp³-hybridized carbons (Fsp3) is 1.00. The molecule has 1 N–H and O–H groups in total. The molecule has 0 aromatic carbocycles. The number of nitrogens with zero attached hydrogens (tertiary/aromatic N) is 1. The first kappa shape index (κ1) is 11.4. The fourth-order valence-electron chi connectivity index (χ4n) is 2.41. The molecule has 1 heterocycles. The predicted octanol–water partition coefficient (Wildman–Crippen LogP) is 0.0187. The molecule has 1 aliphatic heterocycles. The van der Waals surface area contributed by atoms with Crippen molar-refractivity contribution in [1.29, 1.82) is 0 Å². The van der Waals surface area contributed by atoms with Gasteiger partial charge in [-0.25, -0.2) is 8.42 Å². The van der Waals surface area contributed by atoms with Crippen molar-refractivity contribution in [1.82, 2.24) is 4.90 Å². The van der Waals surface area contributed by atoms with Crippen LogP contribution in [0.1, 0.15) is 26.2 Å². The first-order valence-corrected chi connectivity index (χ1v) is 7.50. The van der Waals surface area contributed by atoms with Crippen LogP contribution >= 0.6 is 0 Å². The zero-order chi connectivity index (χ0) is 11.1. The van der Waals surface area contributed by atoms with Crippen LogP contribution < -0.4 is 0 Å². The van der Waals surface area contributed by atoms with Crippen molar-refractivity contribution in [2.24, 2.45) is 0 Å². The Morgan fingerprint density at radius 1 is 1.33 bits per heavy atom. The average molecular weight is 233 g/mol. The molecule has 0 radical (unpaired) electrons. The maximum atomic E-state index is 11.4. The molecule has 88 valence electrons. The van der Waals surface area contributed by atoms with Gasteiger partial charge in [-0.15, -0.1) is 0 Å². The van der Waals surface area contributed by atoms with Crippen molar-refractivity contribution in [3.05, 3.63) is 0 Å². The van der Waals surface area contributed by atoms with Crippen LogP contribution in [0.15, 0.2) is 0 Å².